The molecule has 18 heavy (non-hydrogen) atoms. The van der Waals surface area contributed by atoms with Gasteiger partial charge in [-0.2, -0.15) is 0 Å². The number of hydrogen-bond donors (Lipinski definition) is 1. The standard InChI is InChI=1S/C13H13ClFNOS/c1-16-13(10-6-7-11(14)18-10)12-8(15)4-3-5-9(12)17-2/h3-7,13,16H,1-2H3. The van der Waals surface area contributed by atoms with Gasteiger partial charge in [0, 0.05) is 4.88 Å². The van der Waals surface area contributed by atoms with Gasteiger partial charge in [0.05, 0.1) is 23.1 Å². The van der Waals surface area contributed by atoms with Crippen molar-refractivity contribution in [1.29, 1.82) is 0 Å². The van der Waals surface area contributed by atoms with Crippen molar-refractivity contribution in [1.82, 2.24) is 5.32 Å². The molecule has 0 aliphatic heterocycles. The molecule has 0 saturated carbocycles. The first kappa shape index (κ1) is 13.3. The van der Waals surface area contributed by atoms with Crippen LogP contribution in [0.5, 0.6) is 5.75 Å². The Labute approximate surface area is 114 Å². The summed E-state index contributed by atoms with van der Waals surface area (Å²) in [5.74, 6) is 0.233. The minimum Gasteiger partial charge on any atom is -0.496 e. The normalized spacial score (nSPS) is 12.4. The molecule has 1 aromatic carbocycles. The van der Waals surface area contributed by atoms with E-state index in [0.29, 0.717) is 15.6 Å². The molecule has 0 radical (unpaired) electrons. The molecule has 0 spiro atoms. The van der Waals surface area contributed by atoms with Gasteiger partial charge in [0.2, 0.25) is 0 Å². The van der Waals surface area contributed by atoms with Crippen molar-refractivity contribution >= 4 is 22.9 Å². The topological polar surface area (TPSA) is 21.3 Å². The van der Waals surface area contributed by atoms with E-state index in [0.717, 1.165) is 4.88 Å². The molecular formula is C13H13ClFNOS. The molecule has 1 atom stereocenters. The fourth-order valence-electron chi connectivity index (χ4n) is 1.89. The smallest absolute Gasteiger partial charge is 0.132 e. The largest absolute Gasteiger partial charge is 0.496 e. The molecule has 0 fully saturated rings. The molecule has 0 aliphatic rings. The van der Waals surface area contributed by atoms with Crippen molar-refractivity contribution in [3.63, 3.8) is 0 Å². The second-order valence-electron chi connectivity index (χ2n) is 3.72. The quantitative estimate of drug-likeness (QED) is 0.921. The van der Waals surface area contributed by atoms with Crippen molar-refractivity contribution in [2.45, 2.75) is 6.04 Å². The molecular weight excluding hydrogens is 273 g/mol. The van der Waals surface area contributed by atoms with E-state index in [1.165, 1.54) is 24.5 Å². The molecule has 2 nitrogen and oxygen atoms in total. The van der Waals surface area contributed by atoms with Crippen LogP contribution in [0.15, 0.2) is 30.3 Å². The van der Waals surface area contributed by atoms with Crippen molar-refractivity contribution in [2.24, 2.45) is 0 Å². The van der Waals surface area contributed by atoms with Crippen LogP contribution in [0, 0.1) is 5.82 Å². The van der Waals surface area contributed by atoms with Gasteiger partial charge in [-0.1, -0.05) is 17.7 Å². The van der Waals surface area contributed by atoms with Crippen LogP contribution in [-0.4, -0.2) is 14.2 Å². The molecule has 5 heteroatoms. The van der Waals surface area contributed by atoms with Crippen molar-refractivity contribution in [3.05, 3.63) is 50.9 Å². The second kappa shape index (κ2) is 5.69. The van der Waals surface area contributed by atoms with E-state index in [9.17, 15) is 4.39 Å². The lowest BCUT2D eigenvalue weighted by molar-refractivity contribution is 0.399. The lowest BCUT2D eigenvalue weighted by Crippen LogP contribution is -2.18. The number of thiophene rings is 1. The number of halogens is 2. The highest BCUT2D eigenvalue weighted by Crippen LogP contribution is 2.36. The average Bonchev–Trinajstić information content (AvgIpc) is 2.78. The van der Waals surface area contributed by atoms with Crippen LogP contribution in [0.1, 0.15) is 16.5 Å². The highest BCUT2D eigenvalue weighted by atomic mass is 35.5. The van der Waals surface area contributed by atoms with E-state index in [1.54, 1.807) is 25.2 Å². The summed E-state index contributed by atoms with van der Waals surface area (Å²) in [6.07, 6.45) is 0. The lowest BCUT2D eigenvalue weighted by atomic mass is 10.0. The van der Waals surface area contributed by atoms with Gasteiger partial charge in [-0.3, -0.25) is 0 Å². The summed E-state index contributed by atoms with van der Waals surface area (Å²) in [6, 6.07) is 8.24. The molecule has 0 bridgehead atoms. The maximum Gasteiger partial charge on any atom is 0.132 e. The first-order valence-electron chi connectivity index (χ1n) is 5.42. The Morgan fingerprint density at radius 3 is 2.67 bits per heavy atom. The maximum atomic E-state index is 14.0. The van der Waals surface area contributed by atoms with Gasteiger partial charge in [0.1, 0.15) is 11.6 Å². The summed E-state index contributed by atoms with van der Waals surface area (Å²) in [6.45, 7) is 0. The predicted octanol–water partition coefficient (Wildman–Crippen LogP) is 3.86. The highest BCUT2D eigenvalue weighted by molar-refractivity contribution is 7.16. The molecule has 2 aromatic rings. The fourth-order valence-corrected chi connectivity index (χ4v) is 3.07. The summed E-state index contributed by atoms with van der Waals surface area (Å²) >= 11 is 7.35. The Bertz CT molecular complexity index is 544. The average molecular weight is 286 g/mol. The maximum absolute atomic E-state index is 14.0. The first-order chi connectivity index (χ1) is 8.67. The summed E-state index contributed by atoms with van der Waals surface area (Å²) in [7, 11) is 3.32. The van der Waals surface area contributed by atoms with Crippen molar-refractivity contribution < 1.29 is 9.13 Å². The van der Waals surface area contributed by atoms with Crippen LogP contribution in [-0.2, 0) is 0 Å². The van der Waals surface area contributed by atoms with Crippen LogP contribution < -0.4 is 10.1 Å². The Kier molecular flexibility index (Phi) is 4.22. The van der Waals surface area contributed by atoms with Crippen LogP contribution in [0.2, 0.25) is 4.34 Å². The van der Waals surface area contributed by atoms with Gasteiger partial charge >= 0.3 is 0 Å². The minimum absolute atomic E-state index is 0.265. The molecule has 1 aromatic heterocycles. The highest BCUT2D eigenvalue weighted by Gasteiger charge is 2.22. The first-order valence-corrected chi connectivity index (χ1v) is 6.61. The molecule has 1 N–H and O–H groups in total. The summed E-state index contributed by atoms with van der Waals surface area (Å²) in [4.78, 5) is 0.950. The summed E-state index contributed by atoms with van der Waals surface area (Å²) in [5, 5.41) is 3.10. The third kappa shape index (κ3) is 2.51. The van der Waals surface area contributed by atoms with E-state index >= 15 is 0 Å². The summed E-state index contributed by atoms with van der Waals surface area (Å²) < 4.78 is 19.9. The molecule has 0 saturated heterocycles. The van der Waals surface area contributed by atoms with Crippen molar-refractivity contribution in [3.8, 4) is 5.75 Å². The van der Waals surface area contributed by atoms with Gasteiger partial charge in [0.15, 0.2) is 0 Å². The number of hydrogen-bond acceptors (Lipinski definition) is 3. The predicted molar refractivity (Wildman–Crippen MR) is 73.2 cm³/mol. The molecule has 1 unspecified atom stereocenters. The lowest BCUT2D eigenvalue weighted by Gasteiger charge is -2.18. The third-order valence-corrected chi connectivity index (χ3v) is 3.98. The van der Waals surface area contributed by atoms with Gasteiger partial charge in [-0.15, -0.1) is 11.3 Å². The van der Waals surface area contributed by atoms with Crippen LogP contribution in [0.3, 0.4) is 0 Å². The second-order valence-corrected chi connectivity index (χ2v) is 5.47. The molecule has 96 valence electrons. The van der Waals surface area contributed by atoms with Gasteiger partial charge in [-0.05, 0) is 31.3 Å². The molecule has 2 rings (SSSR count). The Balaban J connectivity index is 2.51. The minimum atomic E-state index is -0.293. The van der Waals surface area contributed by atoms with E-state index < -0.39 is 0 Å². The Morgan fingerprint density at radius 1 is 1.33 bits per heavy atom. The van der Waals surface area contributed by atoms with E-state index in [-0.39, 0.29) is 11.9 Å². The van der Waals surface area contributed by atoms with Crippen LogP contribution >= 0.6 is 22.9 Å². The number of nitrogens with one attached hydrogen (secondary N) is 1. The monoisotopic (exact) mass is 285 g/mol. The van der Waals surface area contributed by atoms with E-state index in [1.807, 2.05) is 6.07 Å². The zero-order valence-electron chi connectivity index (χ0n) is 10.0. The molecule has 0 aliphatic carbocycles. The number of ether oxygens (including phenoxy) is 1. The fraction of sp³-hybridized carbons (Fsp3) is 0.231. The number of rotatable bonds is 4. The van der Waals surface area contributed by atoms with Gasteiger partial charge in [-0.25, -0.2) is 4.39 Å². The number of benzene rings is 1. The number of methoxy groups -OCH3 is 1. The SMILES string of the molecule is CNC(c1ccc(Cl)s1)c1c(F)cccc1OC. The van der Waals surface area contributed by atoms with Gasteiger partial charge < -0.3 is 10.1 Å². The van der Waals surface area contributed by atoms with Gasteiger partial charge in [0.25, 0.3) is 0 Å². The third-order valence-electron chi connectivity index (χ3n) is 2.69. The summed E-state index contributed by atoms with van der Waals surface area (Å²) in [5.41, 5.74) is 0.501. The van der Waals surface area contributed by atoms with Crippen LogP contribution in [0.25, 0.3) is 0 Å². The zero-order chi connectivity index (χ0) is 13.1. The Hall–Kier alpha value is -1.10. The molecule has 0 amide bonds. The van der Waals surface area contributed by atoms with E-state index in [2.05, 4.69) is 5.32 Å². The van der Waals surface area contributed by atoms with Crippen LogP contribution in [0.4, 0.5) is 4.39 Å². The van der Waals surface area contributed by atoms with E-state index in [4.69, 9.17) is 16.3 Å². The zero-order valence-corrected chi connectivity index (χ0v) is 11.6. The Morgan fingerprint density at radius 2 is 2.11 bits per heavy atom. The van der Waals surface area contributed by atoms with Crippen molar-refractivity contribution in [2.75, 3.05) is 14.2 Å². The molecule has 1 heterocycles.